The first-order valence-corrected chi connectivity index (χ1v) is 8.32. The number of hydrogen-bond acceptors (Lipinski definition) is 5. The number of benzene rings is 1. The van der Waals surface area contributed by atoms with Gasteiger partial charge in [0.25, 0.3) is 5.91 Å². The lowest BCUT2D eigenvalue weighted by Crippen LogP contribution is -2.52. The van der Waals surface area contributed by atoms with Crippen molar-refractivity contribution >= 4 is 17.7 Å². The van der Waals surface area contributed by atoms with Crippen LogP contribution in [0.3, 0.4) is 0 Å². The van der Waals surface area contributed by atoms with Gasteiger partial charge in [-0.15, -0.1) is 0 Å². The van der Waals surface area contributed by atoms with Crippen LogP contribution in [0.25, 0.3) is 0 Å². The quantitative estimate of drug-likeness (QED) is 0.760. The van der Waals surface area contributed by atoms with Crippen molar-refractivity contribution in [3.05, 3.63) is 29.3 Å². The number of carbonyl (C=O) groups excluding carboxylic acids is 3. The monoisotopic (exact) mass is 347 g/mol. The molecular formula is C17H18FN3O4. The van der Waals surface area contributed by atoms with E-state index in [0.29, 0.717) is 24.3 Å². The molecule has 3 atom stereocenters. The number of piperidine rings is 1. The summed E-state index contributed by atoms with van der Waals surface area (Å²) in [5.41, 5.74) is 1.26. The molecule has 2 saturated heterocycles. The summed E-state index contributed by atoms with van der Waals surface area (Å²) in [7, 11) is 0. The second kappa shape index (κ2) is 6.11. The predicted molar refractivity (Wildman–Crippen MR) is 84.7 cm³/mol. The zero-order chi connectivity index (χ0) is 17.6. The number of hydrogen-bond donors (Lipinski definition) is 2. The molecule has 0 saturated carbocycles. The molecule has 8 heteroatoms. The van der Waals surface area contributed by atoms with Gasteiger partial charge in [0.05, 0.1) is 0 Å². The summed E-state index contributed by atoms with van der Waals surface area (Å²) in [6.45, 7) is 0.997. The average Bonchev–Trinajstić information content (AvgIpc) is 3.12. The minimum atomic E-state index is -1.06. The molecule has 0 aromatic heterocycles. The van der Waals surface area contributed by atoms with Crippen LogP contribution >= 0.6 is 0 Å². The number of rotatable bonds is 3. The molecule has 1 aromatic carbocycles. The van der Waals surface area contributed by atoms with Crippen LogP contribution in [0.4, 0.5) is 4.39 Å². The highest BCUT2D eigenvalue weighted by atomic mass is 19.1. The van der Waals surface area contributed by atoms with E-state index in [4.69, 9.17) is 4.74 Å². The van der Waals surface area contributed by atoms with E-state index < -0.39 is 24.2 Å². The fraction of sp³-hybridized carbons (Fsp3) is 0.471. The SMILES string of the molecule is O=C1CCC(N2Cc3cc(O[C@@H]4CNC[C@H]4F)ccc3C2=O)C(=O)N1. The molecule has 3 aliphatic heterocycles. The van der Waals surface area contributed by atoms with Gasteiger partial charge in [-0.2, -0.15) is 0 Å². The second-order valence-corrected chi connectivity index (χ2v) is 6.55. The van der Waals surface area contributed by atoms with Crippen molar-refractivity contribution in [2.24, 2.45) is 0 Å². The van der Waals surface area contributed by atoms with E-state index in [1.807, 2.05) is 0 Å². The maximum Gasteiger partial charge on any atom is 0.255 e. The number of ether oxygens (including phenoxy) is 1. The molecule has 0 aliphatic carbocycles. The molecule has 2 fully saturated rings. The van der Waals surface area contributed by atoms with Crippen molar-refractivity contribution in [1.82, 2.24) is 15.5 Å². The third-order valence-corrected chi connectivity index (χ3v) is 4.87. The van der Waals surface area contributed by atoms with E-state index in [1.165, 1.54) is 4.90 Å². The van der Waals surface area contributed by atoms with Crippen LogP contribution in [0, 0.1) is 0 Å². The summed E-state index contributed by atoms with van der Waals surface area (Å²) >= 11 is 0. The molecule has 132 valence electrons. The number of amides is 3. The van der Waals surface area contributed by atoms with Crippen molar-refractivity contribution in [1.29, 1.82) is 0 Å². The van der Waals surface area contributed by atoms with Gasteiger partial charge in [0, 0.05) is 31.6 Å². The lowest BCUT2D eigenvalue weighted by atomic mass is 10.0. The van der Waals surface area contributed by atoms with E-state index in [2.05, 4.69) is 10.6 Å². The number of nitrogens with one attached hydrogen (secondary N) is 2. The molecular weight excluding hydrogens is 329 g/mol. The van der Waals surface area contributed by atoms with Gasteiger partial charge in [-0.3, -0.25) is 19.7 Å². The van der Waals surface area contributed by atoms with Gasteiger partial charge < -0.3 is 15.0 Å². The third-order valence-electron chi connectivity index (χ3n) is 4.87. The Morgan fingerprint density at radius 3 is 2.76 bits per heavy atom. The largest absolute Gasteiger partial charge is 0.486 e. The first-order chi connectivity index (χ1) is 12.0. The first kappa shape index (κ1) is 16.0. The molecule has 1 aromatic rings. The van der Waals surface area contributed by atoms with Gasteiger partial charge in [0.2, 0.25) is 11.8 Å². The van der Waals surface area contributed by atoms with Crippen molar-refractivity contribution in [3.63, 3.8) is 0 Å². The van der Waals surface area contributed by atoms with Crippen molar-refractivity contribution < 1.29 is 23.5 Å². The number of fused-ring (bicyclic) bond motifs is 1. The van der Waals surface area contributed by atoms with Crippen molar-refractivity contribution in [3.8, 4) is 5.75 Å². The number of halogens is 1. The van der Waals surface area contributed by atoms with Gasteiger partial charge in [-0.25, -0.2) is 4.39 Å². The van der Waals surface area contributed by atoms with Gasteiger partial charge in [0.1, 0.15) is 17.9 Å². The van der Waals surface area contributed by atoms with Crippen LogP contribution < -0.4 is 15.4 Å². The Labute approximate surface area is 143 Å². The van der Waals surface area contributed by atoms with Crippen LogP contribution in [0.2, 0.25) is 0 Å². The highest BCUT2D eigenvalue weighted by Crippen LogP contribution is 2.30. The topological polar surface area (TPSA) is 87.7 Å². The van der Waals surface area contributed by atoms with Crippen molar-refractivity contribution in [2.75, 3.05) is 13.1 Å². The Balaban J connectivity index is 1.51. The Morgan fingerprint density at radius 2 is 2.04 bits per heavy atom. The van der Waals surface area contributed by atoms with E-state index in [1.54, 1.807) is 18.2 Å². The molecule has 7 nitrogen and oxygen atoms in total. The van der Waals surface area contributed by atoms with Gasteiger partial charge in [0.15, 0.2) is 6.17 Å². The third kappa shape index (κ3) is 2.86. The standard InChI is InChI=1S/C17H18FN3O4/c18-12-6-19-7-14(12)25-10-1-2-11-9(5-10)8-21(17(11)24)13-3-4-15(22)20-16(13)23/h1-2,5,12-14,19H,3-4,6-8H2,(H,20,22,23)/t12-,13?,14-/m1/s1. The molecule has 3 heterocycles. The van der Waals surface area contributed by atoms with Crippen molar-refractivity contribution in [2.45, 2.75) is 37.7 Å². The fourth-order valence-electron chi connectivity index (χ4n) is 3.54. The smallest absolute Gasteiger partial charge is 0.255 e. The van der Waals surface area contributed by atoms with Crippen LogP contribution in [-0.4, -0.2) is 54.0 Å². The van der Waals surface area contributed by atoms with E-state index in [-0.39, 0.29) is 31.3 Å². The maximum atomic E-state index is 13.7. The first-order valence-electron chi connectivity index (χ1n) is 8.32. The maximum absolute atomic E-state index is 13.7. The Hall–Kier alpha value is -2.48. The highest BCUT2D eigenvalue weighted by molar-refractivity contribution is 6.05. The summed E-state index contributed by atoms with van der Waals surface area (Å²) in [5, 5.41) is 5.20. The summed E-state index contributed by atoms with van der Waals surface area (Å²) in [6, 6.07) is 4.38. The van der Waals surface area contributed by atoms with Crippen LogP contribution in [0.1, 0.15) is 28.8 Å². The molecule has 4 rings (SSSR count). The van der Waals surface area contributed by atoms with Gasteiger partial charge >= 0.3 is 0 Å². The van der Waals surface area contributed by atoms with Crippen LogP contribution in [0.5, 0.6) is 5.75 Å². The Bertz CT molecular complexity index is 753. The van der Waals surface area contributed by atoms with E-state index in [9.17, 15) is 18.8 Å². The normalized spacial score (nSPS) is 28.9. The summed E-state index contributed by atoms with van der Waals surface area (Å²) in [4.78, 5) is 37.4. The van der Waals surface area contributed by atoms with E-state index >= 15 is 0 Å². The second-order valence-electron chi connectivity index (χ2n) is 6.55. The number of carbonyl (C=O) groups is 3. The lowest BCUT2D eigenvalue weighted by molar-refractivity contribution is -0.136. The molecule has 0 spiro atoms. The lowest BCUT2D eigenvalue weighted by Gasteiger charge is -2.29. The number of imide groups is 1. The number of nitrogens with zero attached hydrogens (tertiary/aromatic N) is 1. The average molecular weight is 347 g/mol. The van der Waals surface area contributed by atoms with Crippen LogP contribution in [0.15, 0.2) is 18.2 Å². The van der Waals surface area contributed by atoms with Crippen LogP contribution in [-0.2, 0) is 16.1 Å². The Kier molecular flexibility index (Phi) is 3.91. The zero-order valence-electron chi connectivity index (χ0n) is 13.5. The molecule has 2 N–H and O–H groups in total. The minimum absolute atomic E-state index is 0.220. The number of alkyl halides is 1. The van der Waals surface area contributed by atoms with E-state index in [0.717, 1.165) is 5.56 Å². The molecule has 0 bridgehead atoms. The predicted octanol–water partition coefficient (Wildman–Crippen LogP) is 0.136. The highest BCUT2D eigenvalue weighted by Gasteiger charge is 2.39. The summed E-state index contributed by atoms with van der Waals surface area (Å²) in [6.07, 6.45) is -1.06. The Morgan fingerprint density at radius 1 is 1.20 bits per heavy atom. The van der Waals surface area contributed by atoms with Gasteiger partial charge in [-0.05, 0) is 30.2 Å². The summed E-state index contributed by atoms with van der Waals surface area (Å²) in [5.74, 6) is -0.479. The van der Waals surface area contributed by atoms with Gasteiger partial charge in [-0.1, -0.05) is 0 Å². The minimum Gasteiger partial charge on any atom is -0.486 e. The molecule has 0 radical (unpaired) electrons. The molecule has 25 heavy (non-hydrogen) atoms. The molecule has 3 amide bonds. The zero-order valence-corrected chi connectivity index (χ0v) is 13.5. The summed E-state index contributed by atoms with van der Waals surface area (Å²) < 4.78 is 19.3. The molecule has 1 unspecified atom stereocenters. The molecule has 3 aliphatic rings. The fourth-order valence-corrected chi connectivity index (χ4v) is 3.54.